The Balaban J connectivity index is 1.66. The highest BCUT2D eigenvalue weighted by Gasteiger charge is 2.19. The van der Waals surface area contributed by atoms with Crippen LogP contribution in [0.1, 0.15) is 46.4 Å². The minimum Gasteiger partial charge on any atom is -0.490 e. The van der Waals surface area contributed by atoms with Gasteiger partial charge in [0.1, 0.15) is 0 Å². The molecule has 146 valence electrons. The standard InChI is InChI=1S/C20H21N3O5/c1-28-18-11-8-14(12-17(18)23(26)27)20(25)22-16-9-6-13(7-10-16)19(24)21-15-4-2-3-5-15/h6-12,15H,2-5H2,1H3,(H,21,24)(H,22,25). The lowest BCUT2D eigenvalue weighted by Gasteiger charge is -2.12. The smallest absolute Gasteiger partial charge is 0.311 e. The van der Waals surface area contributed by atoms with Gasteiger partial charge in [-0.1, -0.05) is 12.8 Å². The predicted molar refractivity (Wildman–Crippen MR) is 104 cm³/mol. The highest BCUT2D eigenvalue weighted by atomic mass is 16.6. The lowest BCUT2D eigenvalue weighted by Crippen LogP contribution is -2.32. The van der Waals surface area contributed by atoms with Gasteiger partial charge in [0, 0.05) is 28.9 Å². The van der Waals surface area contributed by atoms with Crippen LogP contribution < -0.4 is 15.4 Å². The van der Waals surface area contributed by atoms with E-state index in [-0.39, 0.29) is 28.9 Å². The summed E-state index contributed by atoms with van der Waals surface area (Å²) in [6.07, 6.45) is 4.29. The molecule has 1 aliphatic rings. The zero-order chi connectivity index (χ0) is 20.1. The van der Waals surface area contributed by atoms with E-state index in [0.29, 0.717) is 11.3 Å². The summed E-state index contributed by atoms with van der Waals surface area (Å²) in [7, 11) is 1.33. The molecule has 0 heterocycles. The molecule has 0 saturated heterocycles. The van der Waals surface area contributed by atoms with Crippen molar-refractivity contribution in [1.82, 2.24) is 5.32 Å². The summed E-state index contributed by atoms with van der Waals surface area (Å²) >= 11 is 0. The lowest BCUT2D eigenvalue weighted by atomic mass is 10.1. The molecule has 1 fully saturated rings. The van der Waals surface area contributed by atoms with Crippen molar-refractivity contribution in [3.63, 3.8) is 0 Å². The Morgan fingerprint density at radius 2 is 1.68 bits per heavy atom. The molecule has 1 saturated carbocycles. The van der Waals surface area contributed by atoms with Crippen molar-refractivity contribution < 1.29 is 19.2 Å². The highest BCUT2D eigenvalue weighted by molar-refractivity contribution is 6.05. The van der Waals surface area contributed by atoms with Crippen LogP contribution in [0.2, 0.25) is 0 Å². The van der Waals surface area contributed by atoms with Crippen LogP contribution in [0.25, 0.3) is 0 Å². The third-order valence-corrected chi connectivity index (χ3v) is 4.73. The number of ether oxygens (including phenoxy) is 1. The Hall–Kier alpha value is -3.42. The van der Waals surface area contributed by atoms with Gasteiger partial charge in [0.2, 0.25) is 0 Å². The van der Waals surface area contributed by atoms with E-state index >= 15 is 0 Å². The number of carbonyl (C=O) groups excluding carboxylic acids is 2. The van der Waals surface area contributed by atoms with Crippen LogP contribution >= 0.6 is 0 Å². The first kappa shape index (κ1) is 19.3. The number of benzene rings is 2. The number of anilines is 1. The van der Waals surface area contributed by atoms with E-state index in [4.69, 9.17) is 4.74 Å². The molecule has 0 unspecified atom stereocenters. The first-order valence-electron chi connectivity index (χ1n) is 9.02. The van der Waals surface area contributed by atoms with E-state index < -0.39 is 10.8 Å². The second-order valence-corrected chi connectivity index (χ2v) is 6.63. The Morgan fingerprint density at radius 1 is 1.04 bits per heavy atom. The third-order valence-electron chi connectivity index (χ3n) is 4.73. The SMILES string of the molecule is COc1ccc(C(=O)Nc2ccc(C(=O)NC3CCCC3)cc2)cc1[N+](=O)[O-]. The Morgan fingerprint density at radius 3 is 2.29 bits per heavy atom. The maximum Gasteiger partial charge on any atom is 0.311 e. The fourth-order valence-electron chi connectivity index (χ4n) is 3.22. The summed E-state index contributed by atoms with van der Waals surface area (Å²) in [5, 5.41) is 16.8. The van der Waals surface area contributed by atoms with Crippen LogP contribution in [0.4, 0.5) is 11.4 Å². The first-order valence-corrected chi connectivity index (χ1v) is 9.02. The normalized spacial score (nSPS) is 13.8. The number of nitro groups is 1. The monoisotopic (exact) mass is 383 g/mol. The van der Waals surface area contributed by atoms with Gasteiger partial charge in [-0.15, -0.1) is 0 Å². The minimum absolute atomic E-state index is 0.0826. The average molecular weight is 383 g/mol. The number of nitrogens with zero attached hydrogens (tertiary/aromatic N) is 1. The number of nitrogens with one attached hydrogen (secondary N) is 2. The summed E-state index contributed by atoms with van der Waals surface area (Å²) in [5.41, 5.74) is 0.857. The van der Waals surface area contributed by atoms with Crippen molar-refractivity contribution >= 4 is 23.2 Å². The van der Waals surface area contributed by atoms with Gasteiger partial charge in [-0.05, 0) is 49.2 Å². The number of carbonyl (C=O) groups is 2. The average Bonchev–Trinajstić information content (AvgIpc) is 3.20. The van der Waals surface area contributed by atoms with Gasteiger partial charge in [0.05, 0.1) is 12.0 Å². The van der Waals surface area contributed by atoms with Gasteiger partial charge in [-0.3, -0.25) is 19.7 Å². The van der Waals surface area contributed by atoms with Crippen molar-refractivity contribution in [2.24, 2.45) is 0 Å². The molecule has 3 rings (SSSR count). The molecule has 0 atom stereocenters. The van der Waals surface area contributed by atoms with Crippen LogP contribution in [0.3, 0.4) is 0 Å². The molecule has 8 nitrogen and oxygen atoms in total. The van der Waals surface area contributed by atoms with Gasteiger partial charge in [0.25, 0.3) is 11.8 Å². The van der Waals surface area contributed by atoms with Crippen LogP contribution in [-0.2, 0) is 0 Å². The topological polar surface area (TPSA) is 111 Å². The summed E-state index contributed by atoms with van der Waals surface area (Å²) < 4.78 is 4.93. The van der Waals surface area contributed by atoms with E-state index in [1.54, 1.807) is 24.3 Å². The molecule has 0 spiro atoms. The summed E-state index contributed by atoms with van der Waals surface area (Å²) in [6.45, 7) is 0. The van der Waals surface area contributed by atoms with E-state index in [0.717, 1.165) is 31.7 Å². The van der Waals surface area contributed by atoms with Crippen molar-refractivity contribution in [3.8, 4) is 5.75 Å². The zero-order valence-corrected chi connectivity index (χ0v) is 15.4. The second-order valence-electron chi connectivity index (χ2n) is 6.63. The quantitative estimate of drug-likeness (QED) is 0.586. The number of hydrogen-bond donors (Lipinski definition) is 2. The molecule has 2 aromatic carbocycles. The predicted octanol–water partition coefficient (Wildman–Crippen LogP) is 3.53. The van der Waals surface area contributed by atoms with Crippen LogP contribution in [0.15, 0.2) is 42.5 Å². The maximum absolute atomic E-state index is 12.4. The molecule has 8 heteroatoms. The highest BCUT2D eigenvalue weighted by Crippen LogP contribution is 2.28. The van der Waals surface area contributed by atoms with E-state index in [1.165, 1.54) is 19.2 Å². The molecular formula is C20H21N3O5. The molecule has 2 amide bonds. The fourth-order valence-corrected chi connectivity index (χ4v) is 3.22. The first-order chi connectivity index (χ1) is 13.5. The molecule has 0 radical (unpaired) electrons. The fraction of sp³-hybridized carbons (Fsp3) is 0.300. The molecule has 0 bridgehead atoms. The summed E-state index contributed by atoms with van der Waals surface area (Å²) in [6, 6.07) is 10.7. The van der Waals surface area contributed by atoms with E-state index in [2.05, 4.69) is 10.6 Å². The molecule has 2 aromatic rings. The molecule has 1 aliphatic carbocycles. The van der Waals surface area contributed by atoms with Crippen molar-refractivity contribution in [2.45, 2.75) is 31.7 Å². The summed E-state index contributed by atoms with van der Waals surface area (Å²) in [4.78, 5) is 35.1. The van der Waals surface area contributed by atoms with Gasteiger partial charge in [0.15, 0.2) is 5.75 Å². The Labute approximate surface area is 162 Å². The molecule has 28 heavy (non-hydrogen) atoms. The van der Waals surface area contributed by atoms with Gasteiger partial charge in [-0.2, -0.15) is 0 Å². The number of amides is 2. The Bertz CT molecular complexity index is 889. The summed E-state index contributed by atoms with van der Waals surface area (Å²) in [5.74, 6) is -0.538. The van der Waals surface area contributed by atoms with E-state index in [9.17, 15) is 19.7 Å². The van der Waals surface area contributed by atoms with Gasteiger partial charge < -0.3 is 15.4 Å². The van der Waals surface area contributed by atoms with E-state index in [1.807, 2.05) is 0 Å². The molecule has 2 N–H and O–H groups in total. The Kier molecular flexibility index (Phi) is 5.88. The number of nitro benzene ring substituents is 1. The minimum atomic E-state index is -0.604. The number of methoxy groups -OCH3 is 1. The molecular weight excluding hydrogens is 362 g/mol. The van der Waals surface area contributed by atoms with Gasteiger partial charge >= 0.3 is 5.69 Å². The number of hydrogen-bond acceptors (Lipinski definition) is 5. The van der Waals surface area contributed by atoms with Crippen LogP contribution in [0.5, 0.6) is 5.75 Å². The number of rotatable bonds is 6. The van der Waals surface area contributed by atoms with Gasteiger partial charge in [-0.25, -0.2) is 0 Å². The van der Waals surface area contributed by atoms with Crippen molar-refractivity contribution in [2.75, 3.05) is 12.4 Å². The van der Waals surface area contributed by atoms with Crippen molar-refractivity contribution in [1.29, 1.82) is 0 Å². The van der Waals surface area contributed by atoms with Crippen molar-refractivity contribution in [3.05, 3.63) is 63.7 Å². The molecule has 0 aromatic heterocycles. The molecule has 0 aliphatic heterocycles. The van der Waals surface area contributed by atoms with Crippen LogP contribution in [-0.4, -0.2) is 29.9 Å². The zero-order valence-electron chi connectivity index (χ0n) is 15.4. The lowest BCUT2D eigenvalue weighted by molar-refractivity contribution is -0.385. The second kappa shape index (κ2) is 8.51. The maximum atomic E-state index is 12.4. The largest absolute Gasteiger partial charge is 0.490 e. The van der Waals surface area contributed by atoms with Crippen LogP contribution in [0, 0.1) is 10.1 Å². The third kappa shape index (κ3) is 4.46.